The summed E-state index contributed by atoms with van der Waals surface area (Å²) in [7, 11) is 0. The minimum Gasteiger partial charge on any atom is -0.274 e. The number of pyridine rings is 1. The smallest absolute Gasteiger partial charge is 0.274 e. The molecule has 0 bridgehead atoms. The normalized spacial score (nSPS) is 13.7. The molecule has 0 saturated carbocycles. The monoisotopic (exact) mass is 400 g/mol. The Labute approximate surface area is 150 Å². The molecule has 2 amide bonds. The molecule has 0 saturated heterocycles. The highest BCUT2D eigenvalue weighted by Gasteiger charge is 2.34. The van der Waals surface area contributed by atoms with E-state index in [1.807, 2.05) is 6.07 Å². The van der Waals surface area contributed by atoms with Crippen LogP contribution in [0.2, 0.25) is 0 Å². The number of fused-ring (bicyclic) bond motifs is 2. The molecule has 0 atom stereocenters. The summed E-state index contributed by atoms with van der Waals surface area (Å²) < 4.78 is 3.58. The minimum atomic E-state index is -0.285. The number of benzene rings is 1. The number of halogens is 1. The Balaban J connectivity index is 1.49. The first-order valence-corrected chi connectivity index (χ1v) is 8.55. The van der Waals surface area contributed by atoms with Gasteiger partial charge >= 0.3 is 5.69 Å². The predicted octanol–water partition coefficient (Wildman–Crippen LogP) is 1.94. The predicted molar refractivity (Wildman–Crippen MR) is 93.6 cm³/mol. The third-order valence-electron chi connectivity index (χ3n) is 4.17. The summed E-state index contributed by atoms with van der Waals surface area (Å²) >= 11 is 3.32. The van der Waals surface area contributed by atoms with Crippen LogP contribution >= 0.6 is 15.9 Å². The van der Waals surface area contributed by atoms with Gasteiger partial charge in [-0.3, -0.25) is 14.5 Å². The van der Waals surface area contributed by atoms with Crippen LogP contribution in [-0.2, 0) is 6.54 Å². The van der Waals surface area contributed by atoms with Crippen LogP contribution in [0.25, 0.3) is 5.65 Å². The van der Waals surface area contributed by atoms with Crippen LogP contribution in [0, 0.1) is 0 Å². The Hall–Kier alpha value is -2.74. The molecule has 1 aliphatic rings. The van der Waals surface area contributed by atoms with Gasteiger partial charge in [-0.05, 0) is 46.6 Å². The van der Waals surface area contributed by atoms with Crippen LogP contribution in [0.1, 0.15) is 27.1 Å². The molecule has 7 nitrogen and oxygen atoms in total. The van der Waals surface area contributed by atoms with E-state index < -0.39 is 0 Å². The standard InChI is InChI=1S/C17H13BrN4O3/c18-11-6-7-14-19-22(17(25)21(14)10-11)9-3-8-20-15(23)12-4-1-2-5-13(12)16(20)24/h1-2,4-7,10H,3,8-9H2. The van der Waals surface area contributed by atoms with Gasteiger partial charge in [-0.15, -0.1) is 5.10 Å². The number of nitrogens with zero attached hydrogens (tertiary/aromatic N) is 4. The van der Waals surface area contributed by atoms with Gasteiger partial charge in [-0.2, -0.15) is 0 Å². The van der Waals surface area contributed by atoms with Gasteiger partial charge in [0, 0.05) is 23.8 Å². The molecule has 8 heteroatoms. The Kier molecular flexibility index (Phi) is 3.76. The summed E-state index contributed by atoms with van der Waals surface area (Å²) in [6, 6.07) is 10.3. The molecule has 0 spiro atoms. The second-order valence-corrected chi connectivity index (χ2v) is 6.66. The highest BCUT2D eigenvalue weighted by Crippen LogP contribution is 2.22. The number of carbonyl (C=O) groups is 2. The molecule has 0 unspecified atom stereocenters. The molecule has 0 N–H and O–H groups in total. The summed E-state index contributed by atoms with van der Waals surface area (Å²) in [5, 5.41) is 4.25. The molecule has 4 rings (SSSR count). The fourth-order valence-electron chi connectivity index (χ4n) is 2.96. The van der Waals surface area contributed by atoms with Crippen molar-refractivity contribution in [2.45, 2.75) is 13.0 Å². The van der Waals surface area contributed by atoms with Gasteiger partial charge in [0.25, 0.3) is 11.8 Å². The molecule has 0 radical (unpaired) electrons. The maximum atomic E-state index is 12.3. The van der Waals surface area contributed by atoms with Crippen molar-refractivity contribution in [1.82, 2.24) is 19.1 Å². The lowest BCUT2D eigenvalue weighted by Gasteiger charge is -2.13. The SMILES string of the molecule is O=C1c2ccccc2C(=O)N1CCCn1nc2ccc(Br)cn2c1=O. The zero-order valence-corrected chi connectivity index (χ0v) is 14.6. The minimum absolute atomic E-state index is 0.246. The van der Waals surface area contributed by atoms with Crippen molar-refractivity contribution in [3.8, 4) is 0 Å². The van der Waals surface area contributed by atoms with Crippen LogP contribution in [-0.4, -0.2) is 37.4 Å². The second kappa shape index (κ2) is 5.96. The summed E-state index contributed by atoms with van der Waals surface area (Å²) in [5.74, 6) is -0.571. The van der Waals surface area contributed by atoms with Crippen LogP contribution < -0.4 is 5.69 Å². The number of amides is 2. The van der Waals surface area contributed by atoms with Gasteiger partial charge in [0.1, 0.15) is 0 Å². The van der Waals surface area contributed by atoms with Gasteiger partial charge < -0.3 is 0 Å². The topological polar surface area (TPSA) is 76.7 Å². The van der Waals surface area contributed by atoms with Crippen molar-refractivity contribution in [3.05, 3.63) is 68.7 Å². The van der Waals surface area contributed by atoms with Crippen molar-refractivity contribution in [2.75, 3.05) is 6.54 Å². The van der Waals surface area contributed by atoms with Crippen LogP contribution in [0.15, 0.2) is 51.9 Å². The van der Waals surface area contributed by atoms with Gasteiger partial charge in [0.15, 0.2) is 5.65 Å². The highest BCUT2D eigenvalue weighted by molar-refractivity contribution is 9.10. The van der Waals surface area contributed by atoms with Gasteiger partial charge in [-0.1, -0.05) is 12.1 Å². The van der Waals surface area contributed by atoms with E-state index in [4.69, 9.17) is 0 Å². The van der Waals surface area contributed by atoms with Crippen molar-refractivity contribution in [2.24, 2.45) is 0 Å². The van der Waals surface area contributed by atoms with E-state index >= 15 is 0 Å². The number of hydrogen-bond donors (Lipinski definition) is 0. The van der Waals surface area contributed by atoms with Crippen LogP contribution in [0.5, 0.6) is 0 Å². The Bertz CT molecular complexity index is 1030. The van der Waals surface area contributed by atoms with Crippen molar-refractivity contribution < 1.29 is 9.59 Å². The molecule has 25 heavy (non-hydrogen) atoms. The Morgan fingerprint density at radius 3 is 2.28 bits per heavy atom. The first kappa shape index (κ1) is 15.8. The zero-order valence-electron chi connectivity index (χ0n) is 13.1. The average Bonchev–Trinajstić information content (AvgIpc) is 3.05. The molecule has 1 aromatic carbocycles. The molecule has 0 fully saturated rings. The third-order valence-corrected chi connectivity index (χ3v) is 4.64. The molecule has 3 heterocycles. The first-order chi connectivity index (χ1) is 12.1. The second-order valence-electron chi connectivity index (χ2n) is 5.74. The van der Waals surface area contributed by atoms with E-state index in [9.17, 15) is 14.4 Å². The van der Waals surface area contributed by atoms with E-state index in [0.717, 1.165) is 4.47 Å². The number of hydrogen-bond acceptors (Lipinski definition) is 4. The fraction of sp³-hybridized carbons (Fsp3) is 0.176. The van der Waals surface area contributed by atoms with Gasteiger partial charge in [0.2, 0.25) is 0 Å². The fourth-order valence-corrected chi connectivity index (χ4v) is 3.30. The average molecular weight is 401 g/mol. The van der Waals surface area contributed by atoms with E-state index in [2.05, 4.69) is 21.0 Å². The van der Waals surface area contributed by atoms with Crippen LogP contribution in [0.3, 0.4) is 0 Å². The van der Waals surface area contributed by atoms with E-state index in [-0.39, 0.29) is 24.0 Å². The molecular weight excluding hydrogens is 388 g/mol. The van der Waals surface area contributed by atoms with E-state index in [0.29, 0.717) is 29.7 Å². The Morgan fingerprint density at radius 2 is 1.60 bits per heavy atom. The number of aromatic nitrogens is 3. The Morgan fingerprint density at radius 1 is 0.920 bits per heavy atom. The van der Waals surface area contributed by atoms with Crippen molar-refractivity contribution >= 4 is 33.4 Å². The van der Waals surface area contributed by atoms with E-state index in [1.54, 1.807) is 36.5 Å². The summed E-state index contributed by atoms with van der Waals surface area (Å²) in [5.41, 5.74) is 1.16. The number of rotatable bonds is 4. The maximum absolute atomic E-state index is 12.3. The molecule has 3 aromatic rings. The van der Waals surface area contributed by atoms with Crippen molar-refractivity contribution in [1.29, 1.82) is 0 Å². The largest absolute Gasteiger partial charge is 0.350 e. The van der Waals surface area contributed by atoms with Crippen molar-refractivity contribution in [3.63, 3.8) is 0 Å². The third kappa shape index (κ3) is 2.58. The number of imide groups is 1. The molecule has 2 aromatic heterocycles. The zero-order chi connectivity index (χ0) is 17.6. The first-order valence-electron chi connectivity index (χ1n) is 7.76. The summed E-state index contributed by atoms with van der Waals surface area (Å²) in [6.07, 6.45) is 2.11. The van der Waals surface area contributed by atoms with Crippen LogP contribution in [0.4, 0.5) is 0 Å². The quantitative estimate of drug-likeness (QED) is 0.627. The lowest BCUT2D eigenvalue weighted by atomic mass is 10.1. The lowest BCUT2D eigenvalue weighted by Crippen LogP contribution is -2.32. The molecule has 1 aliphatic heterocycles. The van der Waals surface area contributed by atoms with Gasteiger partial charge in [0.05, 0.1) is 11.1 Å². The molecule has 126 valence electrons. The molecular formula is C17H13BrN4O3. The highest BCUT2D eigenvalue weighted by atomic mass is 79.9. The van der Waals surface area contributed by atoms with Gasteiger partial charge in [-0.25, -0.2) is 13.9 Å². The summed E-state index contributed by atoms with van der Waals surface area (Å²) in [6.45, 7) is 0.571. The summed E-state index contributed by atoms with van der Waals surface area (Å²) in [4.78, 5) is 38.1. The lowest BCUT2D eigenvalue weighted by molar-refractivity contribution is 0.0650. The molecule has 0 aliphatic carbocycles. The maximum Gasteiger partial charge on any atom is 0.350 e. The van der Waals surface area contributed by atoms with E-state index in [1.165, 1.54) is 14.0 Å². The number of aryl methyl sites for hydroxylation is 1. The number of carbonyl (C=O) groups excluding carboxylic acids is 2.